The van der Waals surface area contributed by atoms with E-state index >= 15 is 0 Å². The lowest BCUT2D eigenvalue weighted by Crippen LogP contribution is -2.36. The number of halogens is 3. The van der Waals surface area contributed by atoms with Crippen molar-refractivity contribution in [1.29, 1.82) is 0 Å². The molecule has 1 aliphatic heterocycles. The molecule has 1 aromatic rings. The Balaban J connectivity index is 0.000000891. The van der Waals surface area contributed by atoms with Gasteiger partial charge in [-0.1, -0.05) is 0 Å². The monoisotopic (exact) mass is 351 g/mol. The van der Waals surface area contributed by atoms with Gasteiger partial charge in [0.1, 0.15) is 6.54 Å². The molecule has 1 unspecified atom stereocenters. The SMILES string of the molecule is O=C(O)Cn1ccc(C2CCCN(CCC(F)(F)F)C2)n1.O=CO. The number of carbonyl (C=O) groups is 2. The van der Waals surface area contributed by atoms with Crippen LogP contribution in [-0.2, 0) is 16.1 Å². The number of hydrogen-bond donors (Lipinski definition) is 2. The van der Waals surface area contributed by atoms with Crippen molar-refractivity contribution in [3.63, 3.8) is 0 Å². The second-order valence-electron chi connectivity index (χ2n) is 5.44. The molecule has 1 atom stereocenters. The molecule has 1 aromatic heterocycles. The molecule has 0 saturated carbocycles. The van der Waals surface area contributed by atoms with Crippen molar-refractivity contribution < 1.29 is 33.0 Å². The molecule has 2 rings (SSSR count). The van der Waals surface area contributed by atoms with Crippen molar-refractivity contribution in [2.75, 3.05) is 19.6 Å². The van der Waals surface area contributed by atoms with Gasteiger partial charge in [-0.3, -0.25) is 14.3 Å². The lowest BCUT2D eigenvalue weighted by molar-refractivity contribution is -0.139. The molecule has 0 bridgehead atoms. The fraction of sp³-hybridized carbons (Fsp3) is 0.643. The summed E-state index contributed by atoms with van der Waals surface area (Å²) in [6.45, 7) is 0.767. The van der Waals surface area contributed by atoms with Crippen molar-refractivity contribution in [2.45, 2.75) is 37.9 Å². The highest BCUT2D eigenvalue weighted by Crippen LogP contribution is 2.27. The van der Waals surface area contributed by atoms with Crippen molar-refractivity contribution in [2.24, 2.45) is 0 Å². The second kappa shape index (κ2) is 9.26. The Morgan fingerprint density at radius 2 is 2.12 bits per heavy atom. The van der Waals surface area contributed by atoms with Gasteiger partial charge in [-0.15, -0.1) is 0 Å². The van der Waals surface area contributed by atoms with Gasteiger partial charge in [0, 0.05) is 25.2 Å². The molecule has 136 valence electrons. The van der Waals surface area contributed by atoms with Gasteiger partial charge in [0.05, 0.1) is 12.1 Å². The average Bonchev–Trinajstić information content (AvgIpc) is 2.93. The summed E-state index contributed by atoms with van der Waals surface area (Å²) in [4.78, 5) is 20.8. The van der Waals surface area contributed by atoms with Gasteiger partial charge >= 0.3 is 12.1 Å². The standard InChI is InChI=1S/C13H18F3N3O2.CH2O2/c14-13(15,16)4-7-18-5-1-2-10(8-18)11-3-6-19(17-11)9-12(20)21;2-1-3/h3,6,10H,1-2,4-5,7-9H2,(H,20,21);1H,(H,2,3). The van der Waals surface area contributed by atoms with Gasteiger partial charge in [-0.05, 0) is 25.5 Å². The first-order chi connectivity index (χ1) is 11.2. The topological polar surface area (TPSA) is 95.7 Å². The van der Waals surface area contributed by atoms with Gasteiger partial charge in [0.15, 0.2) is 0 Å². The van der Waals surface area contributed by atoms with Gasteiger partial charge in [0.25, 0.3) is 6.47 Å². The maximum absolute atomic E-state index is 12.3. The van der Waals surface area contributed by atoms with E-state index in [9.17, 15) is 18.0 Å². The summed E-state index contributed by atoms with van der Waals surface area (Å²) in [5, 5.41) is 19.8. The molecule has 24 heavy (non-hydrogen) atoms. The van der Waals surface area contributed by atoms with E-state index < -0.39 is 18.6 Å². The van der Waals surface area contributed by atoms with Crippen LogP contribution < -0.4 is 0 Å². The van der Waals surface area contributed by atoms with Gasteiger partial charge < -0.3 is 15.1 Å². The summed E-state index contributed by atoms with van der Waals surface area (Å²) in [6, 6.07) is 1.75. The highest BCUT2D eigenvalue weighted by Gasteiger charge is 2.30. The third-order valence-corrected chi connectivity index (χ3v) is 3.59. The Bertz CT molecular complexity index is 534. The minimum absolute atomic E-state index is 0.00976. The number of nitrogens with zero attached hydrogens (tertiary/aromatic N) is 3. The third kappa shape index (κ3) is 7.44. The predicted molar refractivity (Wildman–Crippen MR) is 77.6 cm³/mol. The summed E-state index contributed by atoms with van der Waals surface area (Å²) in [7, 11) is 0. The van der Waals surface area contributed by atoms with E-state index in [1.54, 1.807) is 17.2 Å². The van der Waals surface area contributed by atoms with Crippen LogP contribution in [0, 0.1) is 0 Å². The summed E-state index contributed by atoms with van der Waals surface area (Å²) < 4.78 is 38.1. The van der Waals surface area contributed by atoms with Crippen LogP contribution in [0.1, 0.15) is 30.9 Å². The highest BCUT2D eigenvalue weighted by molar-refractivity contribution is 5.66. The van der Waals surface area contributed by atoms with Crippen LogP contribution in [0.25, 0.3) is 0 Å². The minimum Gasteiger partial charge on any atom is -0.483 e. The number of hydrogen-bond acceptors (Lipinski definition) is 4. The number of aromatic nitrogens is 2. The smallest absolute Gasteiger partial charge is 0.390 e. The second-order valence-corrected chi connectivity index (χ2v) is 5.44. The maximum Gasteiger partial charge on any atom is 0.390 e. The molecular formula is C14H20F3N3O4. The van der Waals surface area contributed by atoms with E-state index in [1.165, 1.54) is 4.68 Å². The molecule has 0 radical (unpaired) electrons. The van der Waals surface area contributed by atoms with Crippen LogP contribution in [0.3, 0.4) is 0 Å². The van der Waals surface area contributed by atoms with Crippen molar-refractivity contribution in [3.8, 4) is 0 Å². The van der Waals surface area contributed by atoms with E-state index in [0.717, 1.165) is 18.5 Å². The van der Waals surface area contributed by atoms with Gasteiger partial charge in [-0.25, -0.2) is 0 Å². The van der Waals surface area contributed by atoms with Gasteiger partial charge in [0.2, 0.25) is 0 Å². The number of rotatable bonds is 5. The maximum atomic E-state index is 12.3. The fourth-order valence-electron chi connectivity index (χ4n) is 2.61. The fourth-order valence-corrected chi connectivity index (χ4v) is 2.61. The molecule has 1 fully saturated rings. The number of carboxylic acids is 1. The average molecular weight is 351 g/mol. The van der Waals surface area contributed by atoms with E-state index in [2.05, 4.69) is 5.10 Å². The number of alkyl halides is 3. The Labute approximate surface area is 136 Å². The molecule has 1 saturated heterocycles. The minimum atomic E-state index is -4.13. The van der Waals surface area contributed by atoms with Crippen LogP contribution in [0.4, 0.5) is 13.2 Å². The zero-order chi connectivity index (χ0) is 18.2. The zero-order valence-corrected chi connectivity index (χ0v) is 12.9. The molecule has 7 nitrogen and oxygen atoms in total. The summed E-state index contributed by atoms with van der Waals surface area (Å²) >= 11 is 0. The highest BCUT2D eigenvalue weighted by atomic mass is 19.4. The predicted octanol–water partition coefficient (Wildman–Crippen LogP) is 1.80. The molecule has 0 aromatic carbocycles. The Kier molecular flexibility index (Phi) is 7.69. The van der Waals surface area contributed by atoms with E-state index in [4.69, 9.17) is 15.0 Å². The molecule has 0 spiro atoms. The Morgan fingerprint density at radius 1 is 1.46 bits per heavy atom. The quantitative estimate of drug-likeness (QED) is 0.786. The largest absolute Gasteiger partial charge is 0.483 e. The van der Waals surface area contributed by atoms with Crippen molar-refractivity contribution in [3.05, 3.63) is 18.0 Å². The number of piperidine rings is 1. The van der Waals surface area contributed by atoms with Crippen LogP contribution in [0.2, 0.25) is 0 Å². The molecular weight excluding hydrogens is 331 g/mol. The van der Waals surface area contributed by atoms with Crippen LogP contribution >= 0.6 is 0 Å². The molecule has 0 amide bonds. The van der Waals surface area contributed by atoms with Gasteiger partial charge in [-0.2, -0.15) is 18.3 Å². The Morgan fingerprint density at radius 3 is 2.71 bits per heavy atom. The molecule has 0 aliphatic carbocycles. The summed E-state index contributed by atoms with van der Waals surface area (Å²) in [5.41, 5.74) is 0.757. The Hall–Kier alpha value is -2.10. The van der Waals surface area contributed by atoms with Crippen molar-refractivity contribution >= 4 is 12.4 Å². The molecule has 2 N–H and O–H groups in total. The first kappa shape index (κ1) is 19.9. The summed E-state index contributed by atoms with van der Waals surface area (Å²) in [5.74, 6) is -0.901. The van der Waals surface area contributed by atoms with E-state index in [-0.39, 0.29) is 25.5 Å². The normalized spacial score (nSPS) is 18.5. The summed E-state index contributed by atoms with van der Waals surface area (Å²) in [6.07, 6.45) is -1.64. The number of likely N-dealkylation sites (tertiary alicyclic amines) is 1. The van der Waals surface area contributed by atoms with E-state index in [1.807, 2.05) is 0 Å². The lowest BCUT2D eigenvalue weighted by Gasteiger charge is -2.32. The van der Waals surface area contributed by atoms with Crippen LogP contribution in [-0.4, -0.2) is 63.1 Å². The van der Waals surface area contributed by atoms with Crippen molar-refractivity contribution in [1.82, 2.24) is 14.7 Å². The molecule has 10 heteroatoms. The molecule has 2 heterocycles. The lowest BCUT2D eigenvalue weighted by atomic mass is 9.95. The van der Waals surface area contributed by atoms with Crippen LogP contribution in [0.5, 0.6) is 0 Å². The first-order valence-corrected chi connectivity index (χ1v) is 7.37. The van der Waals surface area contributed by atoms with E-state index in [0.29, 0.717) is 13.1 Å². The third-order valence-electron chi connectivity index (χ3n) is 3.59. The number of carboxylic acid groups (broad SMARTS) is 2. The zero-order valence-electron chi connectivity index (χ0n) is 12.9. The molecule has 1 aliphatic rings. The number of aliphatic carboxylic acids is 1. The van der Waals surface area contributed by atoms with Crippen LogP contribution in [0.15, 0.2) is 12.3 Å². The first-order valence-electron chi connectivity index (χ1n) is 7.37.